The summed E-state index contributed by atoms with van der Waals surface area (Å²) >= 11 is 1.93. The Balaban J connectivity index is 2.42. The van der Waals surface area contributed by atoms with Gasteiger partial charge in [0.05, 0.1) is 11.6 Å². The molecule has 0 amide bonds. The minimum atomic E-state index is -0.266. The first-order valence-corrected chi connectivity index (χ1v) is 8.64. The third kappa shape index (κ3) is 7.42. The molecule has 1 aromatic rings. The molecule has 21 heavy (non-hydrogen) atoms. The van der Waals surface area contributed by atoms with Crippen LogP contribution in [0, 0.1) is 11.7 Å². The molecule has 0 radical (unpaired) electrons. The Kier molecular flexibility index (Phi) is 8.28. The predicted molar refractivity (Wildman–Crippen MR) is 92.3 cm³/mol. The van der Waals surface area contributed by atoms with E-state index in [9.17, 15) is 4.39 Å². The molecule has 1 atom stereocenters. The summed E-state index contributed by atoms with van der Waals surface area (Å²) in [6.07, 6.45) is 5.46. The van der Waals surface area contributed by atoms with Crippen LogP contribution in [0.2, 0.25) is 0 Å². The fourth-order valence-electron chi connectivity index (χ4n) is 2.19. The number of nitrogens with one attached hydrogen (secondary N) is 1. The van der Waals surface area contributed by atoms with Crippen LogP contribution in [-0.4, -0.2) is 11.1 Å². The van der Waals surface area contributed by atoms with Crippen molar-refractivity contribution < 1.29 is 4.39 Å². The van der Waals surface area contributed by atoms with Crippen LogP contribution in [0.3, 0.4) is 0 Å². The van der Waals surface area contributed by atoms with Gasteiger partial charge in [0, 0.05) is 17.0 Å². The second-order valence-electron chi connectivity index (χ2n) is 5.67. The highest BCUT2D eigenvalue weighted by Crippen LogP contribution is 2.22. The smallest absolute Gasteiger partial charge is 0.123 e. The van der Waals surface area contributed by atoms with E-state index in [0.717, 1.165) is 11.8 Å². The summed E-state index contributed by atoms with van der Waals surface area (Å²) in [7, 11) is 0. The van der Waals surface area contributed by atoms with Crippen LogP contribution < -0.4 is 11.1 Å². The van der Waals surface area contributed by atoms with E-state index in [0.29, 0.717) is 16.5 Å². The third-order valence-corrected chi connectivity index (χ3v) is 4.40. The monoisotopic (exact) mass is 310 g/mol. The van der Waals surface area contributed by atoms with Crippen molar-refractivity contribution in [3.05, 3.63) is 41.8 Å². The molecule has 0 heterocycles. The number of hydrogen-bond acceptors (Lipinski definition) is 3. The van der Waals surface area contributed by atoms with Crippen molar-refractivity contribution in [2.24, 2.45) is 11.7 Å². The molecule has 2 nitrogen and oxygen atoms in total. The van der Waals surface area contributed by atoms with Gasteiger partial charge in [-0.15, -0.1) is 11.8 Å². The first-order chi connectivity index (χ1) is 10.0. The van der Waals surface area contributed by atoms with Gasteiger partial charge in [-0.05, 0) is 30.9 Å². The minimum Gasteiger partial charge on any atom is -0.397 e. The van der Waals surface area contributed by atoms with Crippen molar-refractivity contribution >= 4 is 17.5 Å². The highest BCUT2D eigenvalue weighted by molar-refractivity contribution is 7.99. The first kappa shape index (κ1) is 17.9. The molecule has 1 unspecified atom stereocenters. The van der Waals surface area contributed by atoms with Crippen molar-refractivity contribution in [2.45, 2.75) is 45.3 Å². The lowest BCUT2D eigenvalue weighted by Gasteiger charge is -2.18. The quantitative estimate of drug-likeness (QED) is 0.518. The van der Waals surface area contributed by atoms with E-state index >= 15 is 0 Å². The summed E-state index contributed by atoms with van der Waals surface area (Å²) in [5.41, 5.74) is 7.21. The molecule has 0 aliphatic carbocycles. The van der Waals surface area contributed by atoms with E-state index in [4.69, 9.17) is 5.73 Å². The number of rotatable bonds is 9. The van der Waals surface area contributed by atoms with Crippen LogP contribution in [-0.2, 0) is 0 Å². The molecular weight excluding hydrogens is 283 g/mol. The van der Waals surface area contributed by atoms with Crippen LogP contribution in [0.25, 0.3) is 5.70 Å². The molecule has 0 bridgehead atoms. The molecule has 0 fully saturated rings. The largest absolute Gasteiger partial charge is 0.397 e. The van der Waals surface area contributed by atoms with E-state index < -0.39 is 0 Å². The summed E-state index contributed by atoms with van der Waals surface area (Å²) < 4.78 is 13.1. The highest BCUT2D eigenvalue weighted by Gasteiger charge is 2.09. The Morgan fingerprint density at radius 2 is 2.19 bits per heavy atom. The summed E-state index contributed by atoms with van der Waals surface area (Å²) in [5.74, 6) is 1.29. The summed E-state index contributed by atoms with van der Waals surface area (Å²) in [5, 5.41) is 3.91. The van der Waals surface area contributed by atoms with Crippen molar-refractivity contribution in [2.75, 3.05) is 5.88 Å². The Morgan fingerprint density at radius 3 is 2.81 bits per heavy atom. The summed E-state index contributed by atoms with van der Waals surface area (Å²) in [6.45, 7) is 6.75. The molecule has 4 heteroatoms. The van der Waals surface area contributed by atoms with Gasteiger partial charge in [0.2, 0.25) is 0 Å². The molecule has 0 aromatic heterocycles. The SMILES string of the molecule is CCCC(CC(C)C)SCN/C=C(\N)c1cccc(F)c1. The van der Waals surface area contributed by atoms with E-state index in [1.54, 1.807) is 12.3 Å². The second kappa shape index (κ2) is 9.72. The number of thioether (sulfide) groups is 1. The molecule has 0 saturated heterocycles. The Morgan fingerprint density at radius 1 is 1.43 bits per heavy atom. The van der Waals surface area contributed by atoms with Crippen LogP contribution in [0.5, 0.6) is 0 Å². The maximum Gasteiger partial charge on any atom is 0.123 e. The normalized spacial score (nSPS) is 13.5. The molecule has 1 aromatic carbocycles. The average Bonchev–Trinajstić information content (AvgIpc) is 2.43. The van der Waals surface area contributed by atoms with Crippen LogP contribution >= 0.6 is 11.8 Å². The molecule has 1 rings (SSSR count). The van der Waals surface area contributed by atoms with Gasteiger partial charge >= 0.3 is 0 Å². The lowest BCUT2D eigenvalue weighted by atomic mass is 10.1. The maximum absolute atomic E-state index is 13.1. The van der Waals surface area contributed by atoms with Crippen molar-refractivity contribution in [1.82, 2.24) is 5.32 Å². The molecule has 0 aliphatic rings. The van der Waals surface area contributed by atoms with Crippen molar-refractivity contribution in [1.29, 1.82) is 0 Å². The van der Waals surface area contributed by atoms with E-state index in [2.05, 4.69) is 26.1 Å². The third-order valence-electron chi connectivity index (χ3n) is 3.16. The van der Waals surface area contributed by atoms with E-state index in [1.165, 1.54) is 31.4 Å². The zero-order valence-corrected chi connectivity index (χ0v) is 14.0. The summed E-state index contributed by atoms with van der Waals surface area (Å²) in [6, 6.07) is 6.34. The van der Waals surface area contributed by atoms with Gasteiger partial charge < -0.3 is 11.1 Å². The maximum atomic E-state index is 13.1. The summed E-state index contributed by atoms with van der Waals surface area (Å²) in [4.78, 5) is 0. The standard InChI is InChI=1S/C17H27FN2S/c1-4-6-16(9-13(2)3)21-12-20-11-17(19)14-7-5-8-15(18)10-14/h5,7-8,10-11,13,16,20H,4,6,9,12,19H2,1-3H3/b17-11-. The van der Waals surface area contributed by atoms with Gasteiger partial charge in [-0.2, -0.15) is 0 Å². The number of benzene rings is 1. The van der Waals surface area contributed by atoms with Gasteiger partial charge in [-0.1, -0.05) is 39.3 Å². The number of hydrogen-bond donors (Lipinski definition) is 2. The van der Waals surface area contributed by atoms with Crippen molar-refractivity contribution in [3.63, 3.8) is 0 Å². The molecule has 3 N–H and O–H groups in total. The Labute approximate surface area is 132 Å². The molecule has 0 spiro atoms. The van der Waals surface area contributed by atoms with Gasteiger partial charge in [-0.3, -0.25) is 0 Å². The first-order valence-electron chi connectivity index (χ1n) is 7.59. The fraction of sp³-hybridized carbons (Fsp3) is 0.529. The van der Waals surface area contributed by atoms with Crippen LogP contribution in [0.4, 0.5) is 4.39 Å². The molecule has 0 aliphatic heterocycles. The van der Waals surface area contributed by atoms with E-state index in [1.807, 2.05) is 17.8 Å². The van der Waals surface area contributed by atoms with Crippen LogP contribution in [0.1, 0.15) is 45.6 Å². The number of halogens is 1. The zero-order chi connectivity index (χ0) is 15.7. The molecule has 0 saturated carbocycles. The fourth-order valence-corrected chi connectivity index (χ4v) is 3.52. The molecule has 118 valence electrons. The van der Waals surface area contributed by atoms with Gasteiger partial charge in [0.25, 0.3) is 0 Å². The average molecular weight is 310 g/mol. The Hall–Kier alpha value is -1.16. The molecular formula is C17H27FN2S. The second-order valence-corrected chi connectivity index (χ2v) is 6.95. The lowest BCUT2D eigenvalue weighted by Crippen LogP contribution is -2.14. The number of nitrogens with two attached hydrogens (primary N) is 1. The topological polar surface area (TPSA) is 38.0 Å². The van der Waals surface area contributed by atoms with Crippen molar-refractivity contribution in [3.8, 4) is 0 Å². The minimum absolute atomic E-state index is 0.266. The Bertz CT molecular complexity index is 446. The van der Waals surface area contributed by atoms with Gasteiger partial charge in [0.1, 0.15) is 5.82 Å². The zero-order valence-electron chi connectivity index (χ0n) is 13.2. The predicted octanol–water partition coefficient (Wildman–Crippen LogP) is 4.58. The lowest BCUT2D eigenvalue weighted by molar-refractivity contribution is 0.545. The van der Waals surface area contributed by atoms with Gasteiger partial charge in [0.15, 0.2) is 0 Å². The highest BCUT2D eigenvalue weighted by atomic mass is 32.2. The van der Waals surface area contributed by atoms with E-state index in [-0.39, 0.29) is 5.82 Å². The van der Waals surface area contributed by atoms with Crippen LogP contribution in [0.15, 0.2) is 30.5 Å². The van der Waals surface area contributed by atoms with Gasteiger partial charge in [-0.25, -0.2) is 4.39 Å².